The minimum absolute atomic E-state index is 0.0513. The summed E-state index contributed by atoms with van der Waals surface area (Å²) >= 11 is 0. The van der Waals surface area contributed by atoms with Gasteiger partial charge < -0.3 is 9.80 Å². The Bertz CT molecular complexity index is 810. The largest absolute Gasteiger partial charge is 0.335 e. The SMILES string of the molecule is CCn1nccc1C(=O)N1CCCN(C(=O)C(C)C)C(c2n[nH]c(C)n2)C1. The van der Waals surface area contributed by atoms with Crippen molar-refractivity contribution < 1.29 is 9.59 Å². The van der Waals surface area contributed by atoms with Gasteiger partial charge in [0.05, 0.1) is 0 Å². The lowest BCUT2D eigenvalue weighted by Crippen LogP contribution is -2.42. The molecule has 3 heterocycles. The Kier molecular flexibility index (Phi) is 5.57. The van der Waals surface area contributed by atoms with Crippen LogP contribution in [0.15, 0.2) is 12.3 Å². The summed E-state index contributed by atoms with van der Waals surface area (Å²) in [7, 11) is 0. The quantitative estimate of drug-likeness (QED) is 0.873. The van der Waals surface area contributed by atoms with Gasteiger partial charge in [-0.2, -0.15) is 10.2 Å². The molecule has 0 saturated carbocycles. The third kappa shape index (κ3) is 3.86. The first kappa shape index (κ1) is 19.1. The molecule has 1 N–H and O–H groups in total. The Morgan fingerprint density at radius 2 is 2.11 bits per heavy atom. The fraction of sp³-hybridized carbons (Fsp3) is 0.611. The molecule has 2 aromatic rings. The first-order valence-corrected chi connectivity index (χ1v) is 9.42. The van der Waals surface area contributed by atoms with Crippen LogP contribution in [0.5, 0.6) is 0 Å². The smallest absolute Gasteiger partial charge is 0.272 e. The van der Waals surface area contributed by atoms with Gasteiger partial charge in [-0.05, 0) is 26.3 Å². The summed E-state index contributed by atoms with van der Waals surface area (Å²) in [6.07, 6.45) is 2.35. The average Bonchev–Trinajstić information content (AvgIpc) is 3.24. The van der Waals surface area contributed by atoms with Crippen LogP contribution in [-0.2, 0) is 11.3 Å². The van der Waals surface area contributed by atoms with Gasteiger partial charge in [-0.15, -0.1) is 0 Å². The van der Waals surface area contributed by atoms with E-state index in [0.717, 1.165) is 0 Å². The Hall–Kier alpha value is -2.71. The van der Waals surface area contributed by atoms with Crippen LogP contribution in [0.3, 0.4) is 0 Å². The van der Waals surface area contributed by atoms with Gasteiger partial charge in [-0.25, -0.2) is 4.98 Å². The van der Waals surface area contributed by atoms with E-state index in [1.807, 2.05) is 32.6 Å². The molecule has 0 aliphatic carbocycles. The molecule has 0 bridgehead atoms. The number of nitrogens with one attached hydrogen (secondary N) is 1. The molecule has 1 unspecified atom stereocenters. The molecule has 0 aromatic carbocycles. The first-order chi connectivity index (χ1) is 12.9. The van der Waals surface area contributed by atoms with Crippen molar-refractivity contribution in [2.24, 2.45) is 5.92 Å². The summed E-state index contributed by atoms with van der Waals surface area (Å²) in [6, 6.07) is 1.37. The lowest BCUT2D eigenvalue weighted by molar-refractivity contribution is -0.137. The Labute approximate surface area is 158 Å². The highest BCUT2D eigenvalue weighted by Crippen LogP contribution is 2.25. The Balaban J connectivity index is 1.91. The summed E-state index contributed by atoms with van der Waals surface area (Å²) in [5.74, 6) is 1.08. The van der Waals surface area contributed by atoms with Crippen LogP contribution in [0, 0.1) is 12.8 Å². The number of hydrogen-bond donors (Lipinski definition) is 1. The molecule has 1 fully saturated rings. The molecule has 1 saturated heterocycles. The molecule has 3 rings (SSSR count). The van der Waals surface area contributed by atoms with Crippen molar-refractivity contribution in [3.05, 3.63) is 29.6 Å². The molecular formula is C18H27N7O2. The fourth-order valence-electron chi connectivity index (χ4n) is 3.42. The highest BCUT2D eigenvalue weighted by molar-refractivity contribution is 5.92. The third-order valence-corrected chi connectivity index (χ3v) is 4.81. The zero-order chi connectivity index (χ0) is 19.6. The van der Waals surface area contributed by atoms with E-state index in [1.54, 1.807) is 21.8 Å². The third-order valence-electron chi connectivity index (χ3n) is 4.81. The van der Waals surface area contributed by atoms with Crippen molar-refractivity contribution in [2.75, 3.05) is 19.6 Å². The zero-order valence-electron chi connectivity index (χ0n) is 16.3. The fourth-order valence-corrected chi connectivity index (χ4v) is 3.42. The van der Waals surface area contributed by atoms with E-state index >= 15 is 0 Å². The van der Waals surface area contributed by atoms with E-state index in [-0.39, 0.29) is 23.8 Å². The minimum Gasteiger partial charge on any atom is -0.335 e. The van der Waals surface area contributed by atoms with E-state index in [0.29, 0.717) is 49.9 Å². The molecule has 27 heavy (non-hydrogen) atoms. The van der Waals surface area contributed by atoms with Crippen molar-refractivity contribution >= 4 is 11.8 Å². The van der Waals surface area contributed by atoms with Crippen molar-refractivity contribution in [3.8, 4) is 0 Å². The van der Waals surface area contributed by atoms with E-state index in [1.165, 1.54) is 0 Å². The number of hydrogen-bond acceptors (Lipinski definition) is 5. The number of aromatic nitrogens is 5. The number of nitrogens with zero attached hydrogens (tertiary/aromatic N) is 6. The number of H-pyrrole nitrogens is 1. The van der Waals surface area contributed by atoms with E-state index in [2.05, 4.69) is 20.3 Å². The summed E-state index contributed by atoms with van der Waals surface area (Å²) in [5, 5.41) is 11.3. The maximum atomic E-state index is 13.1. The van der Waals surface area contributed by atoms with Gasteiger partial charge in [-0.1, -0.05) is 13.8 Å². The predicted octanol–water partition coefficient (Wildman–Crippen LogP) is 1.40. The lowest BCUT2D eigenvalue weighted by atomic mass is 10.1. The van der Waals surface area contributed by atoms with Crippen molar-refractivity contribution in [3.63, 3.8) is 0 Å². The number of carbonyl (C=O) groups excluding carboxylic acids is 2. The van der Waals surface area contributed by atoms with E-state index < -0.39 is 0 Å². The molecule has 2 aromatic heterocycles. The number of amides is 2. The second kappa shape index (κ2) is 7.89. The van der Waals surface area contributed by atoms with Gasteiger partial charge in [0.2, 0.25) is 5.91 Å². The van der Waals surface area contributed by atoms with Gasteiger partial charge in [-0.3, -0.25) is 19.4 Å². The maximum Gasteiger partial charge on any atom is 0.272 e. The summed E-state index contributed by atoms with van der Waals surface area (Å²) in [6.45, 7) is 9.69. The van der Waals surface area contributed by atoms with Crippen LogP contribution in [0.1, 0.15) is 55.4 Å². The van der Waals surface area contributed by atoms with Crippen LogP contribution < -0.4 is 0 Å². The molecule has 1 aliphatic heterocycles. The topological polar surface area (TPSA) is 100 Å². The van der Waals surface area contributed by atoms with Crippen molar-refractivity contribution in [1.82, 2.24) is 34.8 Å². The molecule has 2 amide bonds. The summed E-state index contributed by atoms with van der Waals surface area (Å²) in [4.78, 5) is 33.9. The van der Waals surface area contributed by atoms with Gasteiger partial charge in [0.1, 0.15) is 17.6 Å². The highest BCUT2D eigenvalue weighted by Gasteiger charge is 2.35. The number of rotatable bonds is 4. The van der Waals surface area contributed by atoms with Gasteiger partial charge in [0.15, 0.2) is 5.82 Å². The highest BCUT2D eigenvalue weighted by atomic mass is 16.2. The summed E-state index contributed by atoms with van der Waals surface area (Å²) in [5.41, 5.74) is 0.561. The molecule has 9 nitrogen and oxygen atoms in total. The second-order valence-corrected chi connectivity index (χ2v) is 7.12. The van der Waals surface area contributed by atoms with Gasteiger partial charge in [0, 0.05) is 38.3 Å². The molecular weight excluding hydrogens is 346 g/mol. The van der Waals surface area contributed by atoms with Crippen molar-refractivity contribution in [2.45, 2.75) is 46.7 Å². The van der Waals surface area contributed by atoms with E-state index in [4.69, 9.17) is 0 Å². The summed E-state index contributed by atoms with van der Waals surface area (Å²) < 4.78 is 1.69. The number of carbonyl (C=O) groups is 2. The van der Waals surface area contributed by atoms with Crippen LogP contribution in [0.2, 0.25) is 0 Å². The molecule has 1 atom stereocenters. The number of aryl methyl sites for hydroxylation is 2. The van der Waals surface area contributed by atoms with Gasteiger partial charge in [0.25, 0.3) is 5.91 Å². The monoisotopic (exact) mass is 373 g/mol. The molecule has 1 aliphatic rings. The molecule has 0 spiro atoms. The zero-order valence-corrected chi connectivity index (χ0v) is 16.3. The molecule has 0 radical (unpaired) electrons. The normalized spacial score (nSPS) is 18.0. The second-order valence-electron chi connectivity index (χ2n) is 7.12. The molecule has 146 valence electrons. The molecule has 9 heteroatoms. The predicted molar refractivity (Wildman–Crippen MR) is 98.8 cm³/mol. The van der Waals surface area contributed by atoms with Crippen LogP contribution >= 0.6 is 0 Å². The minimum atomic E-state index is -0.366. The Morgan fingerprint density at radius 3 is 2.74 bits per heavy atom. The Morgan fingerprint density at radius 1 is 1.33 bits per heavy atom. The maximum absolute atomic E-state index is 13.1. The van der Waals surface area contributed by atoms with Crippen LogP contribution in [0.4, 0.5) is 0 Å². The first-order valence-electron chi connectivity index (χ1n) is 9.42. The van der Waals surface area contributed by atoms with E-state index in [9.17, 15) is 9.59 Å². The van der Waals surface area contributed by atoms with Gasteiger partial charge >= 0.3 is 0 Å². The standard InChI is InChI=1S/C18H27N7O2/c1-5-25-14(7-8-19-25)18(27)23-9-6-10-24(17(26)12(2)3)15(11-23)16-20-13(4)21-22-16/h7-8,12,15H,5-6,9-11H2,1-4H3,(H,20,21,22). The average molecular weight is 373 g/mol. The van der Waals surface area contributed by atoms with Crippen LogP contribution in [-0.4, -0.2) is 66.2 Å². The van der Waals surface area contributed by atoms with Crippen molar-refractivity contribution in [1.29, 1.82) is 0 Å². The number of aromatic amines is 1. The lowest BCUT2D eigenvalue weighted by Gasteiger charge is -2.31. The van der Waals surface area contributed by atoms with Crippen LogP contribution in [0.25, 0.3) is 0 Å².